The summed E-state index contributed by atoms with van der Waals surface area (Å²) in [5, 5.41) is 9.17. The molecule has 1 aromatic carbocycles. The average Bonchev–Trinajstić information content (AvgIpc) is 3.04. The van der Waals surface area contributed by atoms with Crippen LogP contribution in [0.1, 0.15) is 42.9 Å². The van der Waals surface area contributed by atoms with Gasteiger partial charge in [0.05, 0.1) is 13.7 Å². The molecule has 1 aliphatic heterocycles. The second kappa shape index (κ2) is 7.20. The van der Waals surface area contributed by atoms with Crippen molar-refractivity contribution in [2.24, 2.45) is 5.92 Å². The third-order valence-electron chi connectivity index (χ3n) is 4.71. The van der Waals surface area contributed by atoms with E-state index in [1.54, 1.807) is 7.11 Å². The summed E-state index contributed by atoms with van der Waals surface area (Å²) < 4.78 is 11.3. The number of para-hydroxylation sites is 1. The highest BCUT2D eigenvalue weighted by molar-refractivity contribution is 5.36. The maximum absolute atomic E-state index is 9.17. The van der Waals surface area contributed by atoms with Gasteiger partial charge >= 0.3 is 0 Å². The molecule has 0 saturated carbocycles. The van der Waals surface area contributed by atoms with Crippen LogP contribution in [0.3, 0.4) is 0 Å². The molecule has 0 bridgehead atoms. The van der Waals surface area contributed by atoms with Crippen molar-refractivity contribution < 1.29 is 14.3 Å². The highest BCUT2D eigenvalue weighted by atomic mass is 16.5. The first kappa shape index (κ1) is 16.1. The molecule has 2 aromatic rings. The fourth-order valence-corrected chi connectivity index (χ4v) is 3.44. The summed E-state index contributed by atoms with van der Waals surface area (Å²) in [5.41, 5.74) is 1.25. The van der Waals surface area contributed by atoms with Crippen LogP contribution in [0.4, 0.5) is 0 Å². The van der Waals surface area contributed by atoms with Gasteiger partial charge in [-0.1, -0.05) is 25.1 Å². The molecule has 2 atom stereocenters. The summed E-state index contributed by atoms with van der Waals surface area (Å²) in [6.07, 6.45) is 2.31. The van der Waals surface area contributed by atoms with Gasteiger partial charge in [0.2, 0.25) is 0 Å². The van der Waals surface area contributed by atoms with Gasteiger partial charge in [-0.3, -0.25) is 4.90 Å². The minimum atomic E-state index is -0.0486. The largest absolute Gasteiger partial charge is 0.496 e. The number of benzene rings is 1. The number of hydrogen-bond donors (Lipinski definition) is 1. The standard InChI is InChI=1S/C19H25NO3/c1-14-9-10-20(12-15-7-8-16(13-21)23-15)18(11-14)17-5-3-4-6-19(17)22-2/h3-8,14,18,21H,9-13H2,1-2H3/t14-,18+/m0/s1. The van der Waals surface area contributed by atoms with Crippen molar-refractivity contribution in [3.05, 3.63) is 53.5 Å². The number of furan rings is 1. The Balaban J connectivity index is 1.84. The van der Waals surface area contributed by atoms with Gasteiger partial charge in [-0.05, 0) is 43.5 Å². The third kappa shape index (κ3) is 3.59. The van der Waals surface area contributed by atoms with Crippen LogP contribution < -0.4 is 4.74 Å². The molecule has 0 unspecified atom stereocenters. The first-order valence-corrected chi connectivity index (χ1v) is 8.26. The van der Waals surface area contributed by atoms with E-state index in [1.807, 2.05) is 24.3 Å². The first-order valence-electron chi connectivity index (χ1n) is 8.26. The fraction of sp³-hybridized carbons (Fsp3) is 0.474. The Morgan fingerprint density at radius 2 is 2.00 bits per heavy atom. The van der Waals surface area contributed by atoms with Crippen molar-refractivity contribution in [3.8, 4) is 5.75 Å². The molecule has 1 saturated heterocycles. The minimum Gasteiger partial charge on any atom is -0.496 e. The topological polar surface area (TPSA) is 45.8 Å². The molecule has 1 aliphatic rings. The molecule has 2 heterocycles. The van der Waals surface area contributed by atoms with E-state index < -0.39 is 0 Å². The lowest BCUT2D eigenvalue weighted by molar-refractivity contribution is 0.0988. The fourth-order valence-electron chi connectivity index (χ4n) is 3.44. The number of piperidine rings is 1. The van der Waals surface area contributed by atoms with Crippen molar-refractivity contribution >= 4 is 0 Å². The monoisotopic (exact) mass is 315 g/mol. The predicted octanol–water partition coefficient (Wildman–Crippen LogP) is 3.75. The number of rotatable bonds is 5. The van der Waals surface area contributed by atoms with E-state index in [1.165, 1.54) is 12.0 Å². The average molecular weight is 315 g/mol. The summed E-state index contributed by atoms with van der Waals surface area (Å²) in [5.74, 6) is 3.18. The Bertz CT molecular complexity index is 637. The quantitative estimate of drug-likeness (QED) is 0.912. The van der Waals surface area contributed by atoms with Gasteiger partial charge in [0, 0.05) is 11.6 Å². The Kier molecular flexibility index (Phi) is 5.03. The van der Waals surface area contributed by atoms with Gasteiger partial charge in [0.25, 0.3) is 0 Å². The summed E-state index contributed by atoms with van der Waals surface area (Å²) >= 11 is 0. The molecule has 1 fully saturated rings. The minimum absolute atomic E-state index is 0.0486. The summed E-state index contributed by atoms with van der Waals surface area (Å²) in [4.78, 5) is 2.46. The SMILES string of the molecule is COc1ccccc1[C@H]1C[C@@H](C)CCN1Cc1ccc(CO)o1. The van der Waals surface area contributed by atoms with E-state index in [-0.39, 0.29) is 6.61 Å². The van der Waals surface area contributed by atoms with Gasteiger partial charge in [0.15, 0.2) is 0 Å². The van der Waals surface area contributed by atoms with Crippen LogP contribution in [0.25, 0.3) is 0 Å². The lowest BCUT2D eigenvalue weighted by atomic mass is 9.88. The molecule has 23 heavy (non-hydrogen) atoms. The number of hydrogen-bond acceptors (Lipinski definition) is 4. The van der Waals surface area contributed by atoms with Gasteiger partial charge in [-0.15, -0.1) is 0 Å². The van der Waals surface area contributed by atoms with Gasteiger partial charge in [-0.25, -0.2) is 0 Å². The maximum atomic E-state index is 9.17. The summed E-state index contributed by atoms with van der Waals surface area (Å²) in [6, 6.07) is 12.4. The summed E-state index contributed by atoms with van der Waals surface area (Å²) in [7, 11) is 1.73. The number of nitrogens with zero attached hydrogens (tertiary/aromatic N) is 1. The molecule has 0 amide bonds. The first-order chi connectivity index (χ1) is 11.2. The number of aliphatic hydroxyl groups excluding tert-OH is 1. The molecule has 4 heteroatoms. The number of aliphatic hydroxyl groups is 1. The molecule has 0 aliphatic carbocycles. The number of methoxy groups -OCH3 is 1. The Morgan fingerprint density at radius 3 is 2.74 bits per heavy atom. The predicted molar refractivity (Wildman–Crippen MR) is 89.2 cm³/mol. The van der Waals surface area contributed by atoms with E-state index in [0.29, 0.717) is 17.7 Å². The van der Waals surface area contributed by atoms with Crippen LogP contribution in [0.5, 0.6) is 5.75 Å². The molecule has 1 N–H and O–H groups in total. The lowest BCUT2D eigenvalue weighted by Crippen LogP contribution is -2.35. The highest BCUT2D eigenvalue weighted by Crippen LogP contribution is 2.39. The zero-order valence-corrected chi connectivity index (χ0v) is 13.9. The van der Waals surface area contributed by atoms with E-state index in [4.69, 9.17) is 14.3 Å². The van der Waals surface area contributed by atoms with E-state index in [2.05, 4.69) is 24.0 Å². The van der Waals surface area contributed by atoms with Crippen LogP contribution in [0, 0.1) is 5.92 Å². The van der Waals surface area contributed by atoms with Crippen LogP contribution in [-0.2, 0) is 13.2 Å². The highest BCUT2D eigenvalue weighted by Gasteiger charge is 2.30. The Hall–Kier alpha value is -1.78. The molecule has 4 nitrogen and oxygen atoms in total. The van der Waals surface area contributed by atoms with Crippen LogP contribution in [-0.4, -0.2) is 23.7 Å². The molecular weight excluding hydrogens is 290 g/mol. The molecule has 1 aromatic heterocycles. The normalized spacial score (nSPS) is 22.2. The van der Waals surface area contributed by atoms with Crippen molar-refractivity contribution in [3.63, 3.8) is 0 Å². The van der Waals surface area contributed by atoms with Crippen molar-refractivity contribution in [1.82, 2.24) is 4.90 Å². The van der Waals surface area contributed by atoms with Crippen molar-refractivity contribution in [1.29, 1.82) is 0 Å². The zero-order chi connectivity index (χ0) is 16.2. The maximum Gasteiger partial charge on any atom is 0.129 e. The zero-order valence-electron chi connectivity index (χ0n) is 13.9. The van der Waals surface area contributed by atoms with E-state index in [9.17, 15) is 0 Å². The number of ether oxygens (including phenoxy) is 1. The third-order valence-corrected chi connectivity index (χ3v) is 4.71. The van der Waals surface area contributed by atoms with Crippen LogP contribution in [0.2, 0.25) is 0 Å². The van der Waals surface area contributed by atoms with Gasteiger partial charge in [0.1, 0.15) is 23.9 Å². The van der Waals surface area contributed by atoms with Crippen LogP contribution in [0.15, 0.2) is 40.8 Å². The summed E-state index contributed by atoms with van der Waals surface area (Å²) in [6.45, 7) is 4.07. The molecule has 0 spiro atoms. The van der Waals surface area contributed by atoms with Gasteiger partial charge in [-0.2, -0.15) is 0 Å². The molecule has 0 radical (unpaired) electrons. The number of likely N-dealkylation sites (tertiary alicyclic amines) is 1. The molecule has 3 rings (SSSR count). The molecular formula is C19H25NO3. The van der Waals surface area contributed by atoms with Crippen LogP contribution >= 0.6 is 0 Å². The lowest BCUT2D eigenvalue weighted by Gasteiger charge is -2.38. The Labute approximate surface area is 137 Å². The van der Waals surface area contributed by atoms with Crippen molar-refractivity contribution in [2.75, 3.05) is 13.7 Å². The second-order valence-electron chi connectivity index (χ2n) is 6.38. The smallest absolute Gasteiger partial charge is 0.129 e. The second-order valence-corrected chi connectivity index (χ2v) is 6.38. The Morgan fingerprint density at radius 1 is 1.22 bits per heavy atom. The van der Waals surface area contributed by atoms with Crippen molar-refractivity contribution in [2.45, 2.75) is 39.0 Å². The van der Waals surface area contributed by atoms with E-state index in [0.717, 1.165) is 31.0 Å². The van der Waals surface area contributed by atoms with Gasteiger partial charge < -0.3 is 14.3 Å². The van der Waals surface area contributed by atoms with E-state index >= 15 is 0 Å². The molecule has 124 valence electrons.